The van der Waals surface area contributed by atoms with Crippen LogP contribution < -0.4 is 14.2 Å². The minimum absolute atomic E-state index is 0. The molecule has 0 saturated carbocycles. The zero-order valence-corrected chi connectivity index (χ0v) is 27.1. The van der Waals surface area contributed by atoms with Gasteiger partial charge in [0.1, 0.15) is 18.1 Å². The van der Waals surface area contributed by atoms with E-state index in [1.54, 1.807) is 42.5 Å². The monoisotopic (exact) mass is 669 g/mol. The van der Waals surface area contributed by atoms with Gasteiger partial charge in [0.25, 0.3) is 0 Å². The molecule has 3 aromatic carbocycles. The van der Waals surface area contributed by atoms with Gasteiger partial charge in [0, 0.05) is 44.9 Å². The van der Waals surface area contributed by atoms with E-state index in [2.05, 4.69) is 45.8 Å². The fourth-order valence-corrected chi connectivity index (χ4v) is 5.20. The zero-order chi connectivity index (χ0) is 31.8. The number of carbonyl (C=O) groups is 1. The molecule has 242 valence electrons. The van der Waals surface area contributed by atoms with Crippen molar-refractivity contribution >= 4 is 36.0 Å². The molecule has 0 bridgehead atoms. The summed E-state index contributed by atoms with van der Waals surface area (Å²) in [5, 5.41) is 0.396. The maximum Gasteiger partial charge on any atom is 0.387 e. The highest BCUT2D eigenvalue weighted by Crippen LogP contribution is 2.34. The smallest absolute Gasteiger partial charge is 0.387 e. The van der Waals surface area contributed by atoms with Crippen molar-refractivity contribution in [1.82, 2.24) is 14.8 Å². The molecule has 1 saturated heterocycles. The Morgan fingerprint density at radius 3 is 2.24 bits per heavy atom. The minimum atomic E-state index is -2.87. The Balaban J connectivity index is 0.00000480. The molecule has 1 fully saturated rings. The number of pyridine rings is 1. The van der Waals surface area contributed by atoms with Gasteiger partial charge in [-0.2, -0.15) is 8.78 Å². The fourth-order valence-electron chi connectivity index (χ4n) is 4.88. The van der Waals surface area contributed by atoms with Gasteiger partial charge in [-0.25, -0.2) is 4.98 Å². The molecule has 1 aliphatic rings. The van der Waals surface area contributed by atoms with Gasteiger partial charge >= 0.3 is 6.61 Å². The molecular formula is C35H35Cl2F2N3O4. The number of alkyl halides is 2. The van der Waals surface area contributed by atoms with Crippen LogP contribution in [-0.4, -0.2) is 53.5 Å². The van der Waals surface area contributed by atoms with Crippen LogP contribution >= 0.6 is 24.0 Å². The van der Waals surface area contributed by atoms with Crippen LogP contribution in [0.15, 0.2) is 85.1 Å². The van der Waals surface area contributed by atoms with E-state index in [4.69, 9.17) is 21.1 Å². The Kier molecular flexibility index (Phi) is 12.4. The van der Waals surface area contributed by atoms with Crippen LogP contribution in [0.25, 0.3) is 6.08 Å². The standard InChI is InChI=1S/C35H34ClF2N3O4.ClH/c1-24-3-5-26(6-4-24)22-40-15-17-41(18-16-40)33(42)14-9-28-19-25(2)34(31(36)20-28)45-32-13-12-30(21-39-32)43-23-27-7-10-29(11-8-27)44-35(37)38;/h3-14,19-21,35H,15-18,22-23H2,1-2H3;1H/b14-9+;. The third-order valence-corrected chi connectivity index (χ3v) is 7.63. The van der Waals surface area contributed by atoms with Gasteiger partial charge in [-0.15, -0.1) is 12.4 Å². The number of halogens is 4. The number of benzene rings is 3. The van der Waals surface area contributed by atoms with E-state index in [1.807, 2.05) is 17.9 Å². The summed E-state index contributed by atoms with van der Waals surface area (Å²) in [4.78, 5) is 21.4. The average molecular weight is 671 g/mol. The summed E-state index contributed by atoms with van der Waals surface area (Å²) in [6.07, 6.45) is 4.89. The van der Waals surface area contributed by atoms with Crippen molar-refractivity contribution in [1.29, 1.82) is 0 Å². The maximum absolute atomic E-state index is 12.9. The van der Waals surface area contributed by atoms with Crippen LogP contribution in [0.5, 0.6) is 23.1 Å². The highest BCUT2D eigenvalue weighted by atomic mass is 35.5. The number of aryl methyl sites for hydroxylation is 2. The molecule has 2 heterocycles. The lowest BCUT2D eigenvalue weighted by Gasteiger charge is -2.34. The SMILES string of the molecule is Cc1ccc(CN2CCN(C(=O)/C=C/c3cc(C)c(Oc4ccc(OCc5ccc(OC(F)F)cc5)cn4)c(Cl)c3)CC2)cc1.Cl. The Hall–Kier alpha value is -4.18. The molecule has 0 spiro atoms. The number of hydrogen-bond acceptors (Lipinski definition) is 6. The van der Waals surface area contributed by atoms with Crippen molar-refractivity contribution < 1.29 is 27.8 Å². The number of carbonyl (C=O) groups excluding carboxylic acids is 1. The van der Waals surface area contributed by atoms with E-state index in [0.717, 1.165) is 36.3 Å². The van der Waals surface area contributed by atoms with E-state index in [1.165, 1.54) is 29.5 Å². The molecule has 5 rings (SSSR count). The number of amides is 1. The minimum Gasteiger partial charge on any atom is -0.487 e. The lowest BCUT2D eigenvalue weighted by Crippen LogP contribution is -2.47. The van der Waals surface area contributed by atoms with Crippen LogP contribution in [-0.2, 0) is 17.9 Å². The summed E-state index contributed by atoms with van der Waals surface area (Å²) in [6.45, 7) is 5.25. The third-order valence-electron chi connectivity index (χ3n) is 7.35. The summed E-state index contributed by atoms with van der Waals surface area (Å²) < 4.78 is 40.7. The second kappa shape index (κ2) is 16.4. The number of ether oxygens (including phenoxy) is 3. The van der Waals surface area contributed by atoms with Crippen molar-refractivity contribution in [3.05, 3.63) is 118 Å². The molecule has 11 heteroatoms. The number of nitrogens with zero attached hydrogens (tertiary/aromatic N) is 3. The van der Waals surface area contributed by atoms with Crippen LogP contribution in [0.3, 0.4) is 0 Å². The second-order valence-corrected chi connectivity index (χ2v) is 11.2. The number of aromatic nitrogens is 1. The summed E-state index contributed by atoms with van der Waals surface area (Å²) in [6, 6.07) is 21.8. The van der Waals surface area contributed by atoms with Gasteiger partial charge in [0.15, 0.2) is 5.75 Å². The maximum atomic E-state index is 12.9. The van der Waals surface area contributed by atoms with Gasteiger partial charge < -0.3 is 19.1 Å². The molecule has 0 unspecified atom stereocenters. The molecular weight excluding hydrogens is 635 g/mol. The van der Waals surface area contributed by atoms with E-state index in [0.29, 0.717) is 35.5 Å². The summed E-state index contributed by atoms with van der Waals surface area (Å²) in [5.74, 6) is 1.37. The van der Waals surface area contributed by atoms with Gasteiger partial charge in [-0.05, 0) is 72.5 Å². The first kappa shape index (κ1) is 34.7. The quantitative estimate of drug-likeness (QED) is 0.150. The highest BCUT2D eigenvalue weighted by Gasteiger charge is 2.20. The van der Waals surface area contributed by atoms with Crippen molar-refractivity contribution in [2.45, 2.75) is 33.6 Å². The summed E-state index contributed by atoms with van der Waals surface area (Å²) >= 11 is 6.56. The first-order chi connectivity index (χ1) is 21.7. The third kappa shape index (κ3) is 9.91. The van der Waals surface area contributed by atoms with Crippen LogP contribution in [0, 0.1) is 13.8 Å². The number of rotatable bonds is 11. The number of piperazine rings is 1. The summed E-state index contributed by atoms with van der Waals surface area (Å²) in [7, 11) is 0. The van der Waals surface area contributed by atoms with Crippen molar-refractivity contribution in [2.24, 2.45) is 0 Å². The van der Waals surface area contributed by atoms with Gasteiger partial charge in [-0.3, -0.25) is 9.69 Å². The van der Waals surface area contributed by atoms with Crippen LogP contribution in [0.2, 0.25) is 5.02 Å². The molecule has 4 aromatic rings. The Labute approximate surface area is 278 Å². The first-order valence-corrected chi connectivity index (χ1v) is 14.9. The van der Waals surface area contributed by atoms with E-state index < -0.39 is 6.61 Å². The molecule has 46 heavy (non-hydrogen) atoms. The molecule has 0 aliphatic carbocycles. The van der Waals surface area contributed by atoms with Crippen LogP contribution in [0.4, 0.5) is 8.78 Å². The van der Waals surface area contributed by atoms with Gasteiger partial charge in [0.2, 0.25) is 11.8 Å². The average Bonchev–Trinajstić information content (AvgIpc) is 3.03. The number of hydrogen-bond donors (Lipinski definition) is 0. The fraction of sp³-hybridized carbons (Fsp3) is 0.257. The van der Waals surface area contributed by atoms with E-state index in [-0.39, 0.29) is 30.7 Å². The Bertz CT molecular complexity index is 1590. The highest BCUT2D eigenvalue weighted by molar-refractivity contribution is 6.32. The van der Waals surface area contributed by atoms with Crippen molar-refractivity contribution in [3.63, 3.8) is 0 Å². The van der Waals surface area contributed by atoms with Gasteiger partial charge in [0.05, 0.1) is 11.2 Å². The second-order valence-electron chi connectivity index (χ2n) is 10.8. The molecule has 0 N–H and O–H groups in total. The Morgan fingerprint density at radius 2 is 1.61 bits per heavy atom. The molecule has 0 atom stereocenters. The predicted octanol–water partition coefficient (Wildman–Crippen LogP) is 8.10. The first-order valence-electron chi connectivity index (χ1n) is 14.6. The molecule has 1 amide bonds. The normalized spacial score (nSPS) is 13.5. The van der Waals surface area contributed by atoms with Crippen molar-refractivity contribution in [2.75, 3.05) is 26.2 Å². The molecule has 0 radical (unpaired) electrons. The topological polar surface area (TPSA) is 64.1 Å². The largest absolute Gasteiger partial charge is 0.487 e. The van der Waals surface area contributed by atoms with E-state index in [9.17, 15) is 13.6 Å². The zero-order valence-electron chi connectivity index (χ0n) is 25.5. The van der Waals surface area contributed by atoms with Crippen LogP contribution in [0.1, 0.15) is 27.8 Å². The van der Waals surface area contributed by atoms with Gasteiger partial charge in [-0.1, -0.05) is 53.6 Å². The molecule has 1 aliphatic heterocycles. The van der Waals surface area contributed by atoms with Crippen molar-refractivity contribution in [3.8, 4) is 23.1 Å². The predicted molar refractivity (Wildman–Crippen MR) is 177 cm³/mol. The lowest BCUT2D eigenvalue weighted by molar-refractivity contribution is -0.127. The molecule has 7 nitrogen and oxygen atoms in total. The van der Waals surface area contributed by atoms with E-state index >= 15 is 0 Å². The molecule has 1 aromatic heterocycles. The summed E-state index contributed by atoms with van der Waals surface area (Å²) in [5.41, 5.74) is 4.90. The lowest BCUT2D eigenvalue weighted by atomic mass is 10.1. The Morgan fingerprint density at radius 1 is 0.935 bits per heavy atom.